The number of aryl methyl sites for hydroxylation is 1. The largest absolute Gasteiger partial charge is 0.379 e. The molecule has 0 radical (unpaired) electrons. The summed E-state index contributed by atoms with van der Waals surface area (Å²) >= 11 is 0. The van der Waals surface area contributed by atoms with Gasteiger partial charge in [-0.2, -0.15) is 0 Å². The quantitative estimate of drug-likeness (QED) is 0.630. The molecular weight excluding hydrogens is 304 g/mol. The maximum absolute atomic E-state index is 5.47. The van der Waals surface area contributed by atoms with Gasteiger partial charge in [0.1, 0.15) is 5.82 Å². The molecule has 24 heavy (non-hydrogen) atoms. The van der Waals surface area contributed by atoms with Crippen LogP contribution < -0.4 is 5.32 Å². The molecule has 2 aliphatic rings. The summed E-state index contributed by atoms with van der Waals surface area (Å²) in [5.74, 6) is 2.09. The number of likely N-dealkylation sites (tertiary alicyclic amines) is 1. The Kier molecular flexibility index (Phi) is 6.09. The number of rotatable bonds is 5. The lowest BCUT2D eigenvalue weighted by molar-refractivity contribution is 0.0195. The molecule has 7 nitrogen and oxygen atoms in total. The molecule has 3 heterocycles. The molecule has 3 rings (SSSR count). The molecule has 1 N–H and O–H groups in total. The first kappa shape index (κ1) is 17.2. The van der Waals surface area contributed by atoms with E-state index in [-0.39, 0.29) is 0 Å². The first-order chi connectivity index (χ1) is 11.8. The smallest absolute Gasteiger partial charge is 0.194 e. The number of nitrogens with one attached hydrogen (secondary N) is 1. The molecule has 2 aliphatic heterocycles. The molecule has 0 amide bonds. The fourth-order valence-electron chi connectivity index (χ4n) is 3.50. The summed E-state index contributed by atoms with van der Waals surface area (Å²) in [7, 11) is 0. The number of ether oxygens (including phenoxy) is 1. The van der Waals surface area contributed by atoms with Crippen LogP contribution in [-0.2, 0) is 11.3 Å². The van der Waals surface area contributed by atoms with Gasteiger partial charge in [0.05, 0.1) is 19.8 Å². The Hall–Kier alpha value is -1.60. The summed E-state index contributed by atoms with van der Waals surface area (Å²) in [5.41, 5.74) is 0. The van der Waals surface area contributed by atoms with E-state index in [1.807, 2.05) is 19.3 Å². The summed E-state index contributed by atoms with van der Waals surface area (Å²) < 4.78 is 7.62. The number of guanidine groups is 1. The van der Waals surface area contributed by atoms with E-state index in [4.69, 9.17) is 9.73 Å². The molecule has 1 unspecified atom stereocenters. The van der Waals surface area contributed by atoms with E-state index in [9.17, 15) is 0 Å². The van der Waals surface area contributed by atoms with Gasteiger partial charge in [0.2, 0.25) is 0 Å². The van der Waals surface area contributed by atoms with Crippen LogP contribution in [0.3, 0.4) is 0 Å². The molecule has 2 fully saturated rings. The Morgan fingerprint density at radius 3 is 2.92 bits per heavy atom. The normalized spacial score (nSPS) is 23.0. The fourth-order valence-corrected chi connectivity index (χ4v) is 3.50. The van der Waals surface area contributed by atoms with E-state index in [1.54, 1.807) is 0 Å². The van der Waals surface area contributed by atoms with Crippen molar-refractivity contribution in [3.63, 3.8) is 0 Å². The van der Waals surface area contributed by atoms with E-state index in [0.29, 0.717) is 6.04 Å². The Morgan fingerprint density at radius 1 is 1.38 bits per heavy atom. The van der Waals surface area contributed by atoms with Gasteiger partial charge in [-0.05, 0) is 20.3 Å². The van der Waals surface area contributed by atoms with E-state index in [2.05, 4.69) is 31.6 Å². The zero-order valence-corrected chi connectivity index (χ0v) is 14.9. The molecule has 7 heteroatoms. The average molecular weight is 334 g/mol. The minimum atomic E-state index is 0.633. The van der Waals surface area contributed by atoms with Crippen LogP contribution in [0.15, 0.2) is 17.4 Å². The number of hydrogen-bond acceptors (Lipinski definition) is 4. The summed E-state index contributed by atoms with van der Waals surface area (Å²) in [6, 6.07) is 0.633. The van der Waals surface area contributed by atoms with E-state index in [0.717, 1.165) is 70.8 Å². The minimum absolute atomic E-state index is 0.633. The summed E-state index contributed by atoms with van der Waals surface area (Å²) in [6.07, 6.45) is 5.07. The highest BCUT2D eigenvalue weighted by molar-refractivity contribution is 5.80. The second kappa shape index (κ2) is 8.48. The van der Waals surface area contributed by atoms with Crippen molar-refractivity contribution in [1.82, 2.24) is 24.7 Å². The third-order valence-electron chi connectivity index (χ3n) is 4.89. The first-order valence-corrected chi connectivity index (χ1v) is 9.10. The molecule has 1 aromatic rings. The van der Waals surface area contributed by atoms with Crippen LogP contribution >= 0.6 is 0 Å². The summed E-state index contributed by atoms with van der Waals surface area (Å²) in [5, 5.41) is 3.45. The van der Waals surface area contributed by atoms with Gasteiger partial charge in [-0.1, -0.05) is 0 Å². The predicted octanol–water partition coefficient (Wildman–Crippen LogP) is 0.564. The van der Waals surface area contributed by atoms with Gasteiger partial charge in [-0.25, -0.2) is 4.98 Å². The van der Waals surface area contributed by atoms with Crippen LogP contribution in [0, 0.1) is 6.92 Å². The predicted molar refractivity (Wildman–Crippen MR) is 95.3 cm³/mol. The van der Waals surface area contributed by atoms with Crippen molar-refractivity contribution in [2.45, 2.75) is 32.9 Å². The number of imidazole rings is 1. The lowest BCUT2D eigenvalue weighted by atomic mass is 10.2. The minimum Gasteiger partial charge on any atom is -0.379 e. The highest BCUT2D eigenvalue weighted by atomic mass is 16.5. The summed E-state index contributed by atoms with van der Waals surface area (Å²) in [6.45, 7) is 12.7. The van der Waals surface area contributed by atoms with E-state index >= 15 is 0 Å². The lowest BCUT2D eigenvalue weighted by Gasteiger charge is -2.32. The van der Waals surface area contributed by atoms with Crippen LogP contribution in [0.1, 0.15) is 19.2 Å². The fraction of sp³-hybridized carbons (Fsp3) is 0.765. The van der Waals surface area contributed by atoms with Crippen molar-refractivity contribution in [3.8, 4) is 0 Å². The van der Waals surface area contributed by atoms with Crippen molar-refractivity contribution in [1.29, 1.82) is 0 Å². The highest BCUT2D eigenvalue weighted by Crippen LogP contribution is 2.17. The topological polar surface area (TPSA) is 57.9 Å². The maximum Gasteiger partial charge on any atom is 0.194 e. The van der Waals surface area contributed by atoms with Gasteiger partial charge >= 0.3 is 0 Å². The van der Waals surface area contributed by atoms with Crippen LogP contribution in [0.4, 0.5) is 0 Å². The lowest BCUT2D eigenvalue weighted by Crippen LogP contribution is -2.46. The molecular formula is C17H30N6O. The van der Waals surface area contributed by atoms with Gasteiger partial charge in [-0.3, -0.25) is 9.89 Å². The third-order valence-corrected chi connectivity index (χ3v) is 4.89. The number of aliphatic imine (C=N–C) groups is 1. The second-order valence-electron chi connectivity index (χ2n) is 6.44. The third kappa shape index (κ3) is 4.27. The zero-order chi connectivity index (χ0) is 16.8. The summed E-state index contributed by atoms with van der Waals surface area (Å²) in [4.78, 5) is 14.1. The number of nitrogens with zero attached hydrogens (tertiary/aromatic N) is 5. The van der Waals surface area contributed by atoms with Crippen molar-refractivity contribution in [3.05, 3.63) is 18.2 Å². The first-order valence-electron chi connectivity index (χ1n) is 9.10. The van der Waals surface area contributed by atoms with Crippen LogP contribution in [0.2, 0.25) is 0 Å². The van der Waals surface area contributed by atoms with Crippen LogP contribution in [-0.4, -0.2) is 83.8 Å². The Bertz CT molecular complexity index is 537. The van der Waals surface area contributed by atoms with Crippen molar-refractivity contribution < 1.29 is 4.74 Å². The maximum atomic E-state index is 5.47. The highest BCUT2D eigenvalue weighted by Gasteiger charge is 2.30. The molecule has 134 valence electrons. The number of morpholine rings is 1. The molecule has 1 atom stereocenters. The number of aromatic nitrogens is 2. The number of hydrogen-bond donors (Lipinski definition) is 1. The molecule has 0 bridgehead atoms. The van der Waals surface area contributed by atoms with Gasteiger partial charge < -0.3 is 19.5 Å². The van der Waals surface area contributed by atoms with Crippen molar-refractivity contribution in [2.24, 2.45) is 4.99 Å². The van der Waals surface area contributed by atoms with Gasteiger partial charge in [0, 0.05) is 57.7 Å². The SMILES string of the molecule is CCNC(=NCCn1ccnc1C)N1CCC(N2CCOCC2)C1. The van der Waals surface area contributed by atoms with E-state index < -0.39 is 0 Å². The molecule has 2 saturated heterocycles. The Morgan fingerprint density at radius 2 is 2.21 bits per heavy atom. The Labute approximate surface area is 144 Å². The second-order valence-corrected chi connectivity index (χ2v) is 6.44. The van der Waals surface area contributed by atoms with Gasteiger partial charge in [0.25, 0.3) is 0 Å². The molecule has 0 aromatic carbocycles. The Balaban J connectivity index is 1.54. The van der Waals surface area contributed by atoms with Gasteiger partial charge in [0.15, 0.2) is 5.96 Å². The standard InChI is InChI=1S/C17H30N6O/c1-3-18-17(20-6-9-21-8-5-19-15(21)2)23-7-4-16(14-23)22-10-12-24-13-11-22/h5,8,16H,3-4,6-7,9-14H2,1-2H3,(H,18,20). The van der Waals surface area contributed by atoms with Crippen molar-refractivity contribution >= 4 is 5.96 Å². The zero-order valence-electron chi connectivity index (χ0n) is 14.9. The van der Waals surface area contributed by atoms with Crippen molar-refractivity contribution in [2.75, 3.05) is 52.5 Å². The monoisotopic (exact) mass is 334 g/mol. The molecule has 0 aliphatic carbocycles. The van der Waals surface area contributed by atoms with Crippen LogP contribution in [0.25, 0.3) is 0 Å². The molecule has 0 saturated carbocycles. The van der Waals surface area contributed by atoms with E-state index in [1.165, 1.54) is 6.42 Å². The van der Waals surface area contributed by atoms with Gasteiger partial charge in [-0.15, -0.1) is 0 Å². The molecule has 0 spiro atoms. The van der Waals surface area contributed by atoms with Crippen LogP contribution in [0.5, 0.6) is 0 Å². The molecule has 1 aromatic heterocycles. The average Bonchev–Trinajstić information content (AvgIpc) is 3.25.